The molecule has 7 heteroatoms. The zero-order valence-electron chi connectivity index (χ0n) is 17.7. The predicted molar refractivity (Wildman–Crippen MR) is 113 cm³/mol. The van der Waals surface area contributed by atoms with Crippen LogP contribution in [0.15, 0.2) is 42.5 Å². The molecule has 30 heavy (non-hydrogen) atoms. The highest BCUT2D eigenvalue weighted by atomic mass is 16.5. The van der Waals surface area contributed by atoms with Gasteiger partial charge in [0.1, 0.15) is 23.3 Å². The van der Waals surface area contributed by atoms with Gasteiger partial charge in [-0.1, -0.05) is 32.0 Å². The molecule has 0 bridgehead atoms. The Bertz CT molecular complexity index is 890. The van der Waals surface area contributed by atoms with Gasteiger partial charge in [-0.2, -0.15) is 0 Å². The lowest BCUT2D eigenvalue weighted by molar-refractivity contribution is -0.124. The fourth-order valence-electron chi connectivity index (χ4n) is 3.45. The number of methoxy groups -OCH3 is 2. The van der Waals surface area contributed by atoms with Crippen molar-refractivity contribution >= 4 is 11.8 Å². The lowest BCUT2D eigenvalue weighted by atomic mass is 9.98. The third-order valence-corrected chi connectivity index (χ3v) is 5.12. The fourth-order valence-corrected chi connectivity index (χ4v) is 3.45. The maximum absolute atomic E-state index is 13.1. The second-order valence-electron chi connectivity index (χ2n) is 7.53. The van der Waals surface area contributed by atoms with Gasteiger partial charge in [0.15, 0.2) is 0 Å². The molecule has 1 heterocycles. The lowest BCUT2D eigenvalue weighted by Gasteiger charge is -2.29. The van der Waals surface area contributed by atoms with Gasteiger partial charge in [0.25, 0.3) is 5.91 Å². The number of nitrogens with one attached hydrogen (secondary N) is 2. The molecule has 2 aromatic rings. The quantitative estimate of drug-likeness (QED) is 0.730. The Hall–Kier alpha value is -3.22. The third kappa shape index (κ3) is 4.84. The normalized spacial score (nSPS) is 16.1. The van der Waals surface area contributed by atoms with Gasteiger partial charge in [-0.05, 0) is 24.1 Å². The molecule has 1 aliphatic rings. The van der Waals surface area contributed by atoms with Crippen molar-refractivity contribution in [2.45, 2.75) is 32.4 Å². The molecule has 0 aromatic heterocycles. The van der Waals surface area contributed by atoms with Gasteiger partial charge in [-0.3, -0.25) is 9.59 Å². The molecule has 3 rings (SSSR count). The number of para-hydroxylation sites is 1. The van der Waals surface area contributed by atoms with Gasteiger partial charge < -0.3 is 24.8 Å². The van der Waals surface area contributed by atoms with Crippen molar-refractivity contribution in [3.05, 3.63) is 53.6 Å². The number of carbonyl (C=O) groups is 2. The van der Waals surface area contributed by atoms with E-state index < -0.39 is 6.04 Å². The molecule has 0 fully saturated rings. The highest BCUT2D eigenvalue weighted by Crippen LogP contribution is 2.31. The number of hydrogen-bond donors (Lipinski definition) is 2. The molecule has 2 aromatic carbocycles. The Labute approximate surface area is 176 Å². The fraction of sp³-hybridized carbons (Fsp3) is 0.391. The maximum Gasteiger partial charge on any atom is 0.252 e. The number of amides is 2. The molecular weight excluding hydrogens is 384 g/mol. The minimum absolute atomic E-state index is 0.100. The average molecular weight is 412 g/mol. The van der Waals surface area contributed by atoms with E-state index in [0.717, 1.165) is 11.3 Å². The van der Waals surface area contributed by atoms with Crippen molar-refractivity contribution in [3.8, 4) is 17.2 Å². The van der Waals surface area contributed by atoms with Gasteiger partial charge in [-0.25, -0.2) is 0 Å². The minimum atomic E-state index is -0.690. The van der Waals surface area contributed by atoms with Crippen LogP contribution in [0.3, 0.4) is 0 Å². The van der Waals surface area contributed by atoms with E-state index in [1.807, 2.05) is 38.1 Å². The van der Waals surface area contributed by atoms with E-state index >= 15 is 0 Å². The number of carbonyl (C=O) groups excluding carboxylic acids is 2. The van der Waals surface area contributed by atoms with Gasteiger partial charge >= 0.3 is 0 Å². The Morgan fingerprint density at radius 3 is 2.37 bits per heavy atom. The molecule has 0 spiro atoms. The summed E-state index contributed by atoms with van der Waals surface area (Å²) < 4.78 is 16.1. The van der Waals surface area contributed by atoms with Crippen LogP contribution in [-0.2, 0) is 4.79 Å². The molecule has 2 N–H and O–H groups in total. The molecule has 0 saturated heterocycles. The summed E-state index contributed by atoms with van der Waals surface area (Å²) in [6.07, 6.45) is 0.675. The topological polar surface area (TPSA) is 85.9 Å². The van der Waals surface area contributed by atoms with Crippen molar-refractivity contribution in [2.75, 3.05) is 20.8 Å². The van der Waals surface area contributed by atoms with E-state index in [1.165, 1.54) is 14.2 Å². The van der Waals surface area contributed by atoms with Crippen LogP contribution in [0, 0.1) is 5.92 Å². The monoisotopic (exact) mass is 412 g/mol. The molecule has 0 radical (unpaired) electrons. The molecule has 2 amide bonds. The summed E-state index contributed by atoms with van der Waals surface area (Å²) in [5.41, 5.74) is 1.31. The molecule has 2 unspecified atom stereocenters. The Morgan fingerprint density at radius 1 is 1.07 bits per heavy atom. The first kappa shape index (κ1) is 21.5. The highest BCUT2D eigenvalue weighted by molar-refractivity contribution is 5.98. The van der Waals surface area contributed by atoms with Crippen molar-refractivity contribution in [2.24, 2.45) is 5.92 Å². The van der Waals surface area contributed by atoms with E-state index in [-0.39, 0.29) is 23.8 Å². The summed E-state index contributed by atoms with van der Waals surface area (Å²) in [6, 6.07) is 11.7. The number of benzene rings is 2. The number of hydrogen-bond acceptors (Lipinski definition) is 5. The first-order valence-corrected chi connectivity index (χ1v) is 9.99. The van der Waals surface area contributed by atoms with Gasteiger partial charge in [-0.15, -0.1) is 0 Å². The highest BCUT2D eigenvalue weighted by Gasteiger charge is 2.29. The lowest BCUT2D eigenvalue weighted by Crippen LogP contribution is -2.50. The zero-order valence-corrected chi connectivity index (χ0v) is 17.7. The van der Waals surface area contributed by atoms with Crippen LogP contribution in [-0.4, -0.2) is 38.7 Å². The number of rotatable bonds is 7. The van der Waals surface area contributed by atoms with E-state index in [1.54, 1.807) is 18.2 Å². The van der Waals surface area contributed by atoms with Crippen molar-refractivity contribution in [3.63, 3.8) is 0 Å². The van der Waals surface area contributed by atoms with Gasteiger partial charge in [0, 0.05) is 23.6 Å². The van der Waals surface area contributed by atoms with Crippen LogP contribution < -0.4 is 24.8 Å². The molecule has 1 aliphatic heterocycles. The maximum atomic E-state index is 13.1. The summed E-state index contributed by atoms with van der Waals surface area (Å²) in [6.45, 7) is 4.33. The van der Waals surface area contributed by atoms with Crippen molar-refractivity contribution < 1.29 is 23.8 Å². The SMILES string of the molecule is COc1cc(OC)cc(C(=O)NC(C(=O)NC2CCOc3ccccc32)C(C)C)c1. The second-order valence-corrected chi connectivity index (χ2v) is 7.53. The summed E-state index contributed by atoms with van der Waals surface area (Å²) in [4.78, 5) is 25.9. The minimum Gasteiger partial charge on any atom is -0.497 e. The summed E-state index contributed by atoms with van der Waals surface area (Å²) in [5, 5.41) is 5.93. The van der Waals surface area contributed by atoms with E-state index in [4.69, 9.17) is 14.2 Å². The first-order chi connectivity index (χ1) is 14.4. The van der Waals surface area contributed by atoms with Gasteiger partial charge in [0.2, 0.25) is 5.91 Å². The number of fused-ring (bicyclic) bond motifs is 1. The summed E-state index contributed by atoms with van der Waals surface area (Å²) >= 11 is 0. The van der Waals surface area contributed by atoms with E-state index in [0.29, 0.717) is 30.1 Å². The largest absolute Gasteiger partial charge is 0.497 e. The average Bonchev–Trinajstić information content (AvgIpc) is 2.76. The van der Waals surface area contributed by atoms with Crippen LogP contribution in [0.2, 0.25) is 0 Å². The van der Waals surface area contributed by atoms with E-state index in [9.17, 15) is 9.59 Å². The summed E-state index contributed by atoms with van der Waals surface area (Å²) in [5.74, 6) is 1.09. The smallest absolute Gasteiger partial charge is 0.252 e. The third-order valence-electron chi connectivity index (χ3n) is 5.12. The van der Waals surface area contributed by atoms with Crippen LogP contribution >= 0.6 is 0 Å². The number of ether oxygens (including phenoxy) is 3. The van der Waals surface area contributed by atoms with Crippen LogP contribution in [0.5, 0.6) is 17.2 Å². The Kier molecular flexibility index (Phi) is 6.82. The molecule has 0 saturated carbocycles. The van der Waals surface area contributed by atoms with Gasteiger partial charge in [0.05, 0.1) is 26.9 Å². The van der Waals surface area contributed by atoms with E-state index in [2.05, 4.69) is 10.6 Å². The summed E-state index contributed by atoms with van der Waals surface area (Å²) in [7, 11) is 3.04. The van der Waals surface area contributed by atoms with Crippen molar-refractivity contribution in [1.82, 2.24) is 10.6 Å². The molecule has 2 atom stereocenters. The Balaban J connectivity index is 1.75. The van der Waals surface area contributed by atoms with Crippen LogP contribution in [0.4, 0.5) is 0 Å². The first-order valence-electron chi connectivity index (χ1n) is 9.99. The standard InChI is InChI=1S/C23H28N2O5/c1-14(2)21(25-22(26)15-11-16(28-3)13-17(12-15)29-4)23(27)24-19-9-10-30-20-8-6-5-7-18(19)20/h5-8,11-14,19,21H,9-10H2,1-4H3,(H,24,27)(H,25,26). The molecular formula is C23H28N2O5. The zero-order chi connectivity index (χ0) is 21.7. The second kappa shape index (κ2) is 9.52. The van der Waals surface area contributed by atoms with Crippen LogP contribution in [0.1, 0.15) is 42.2 Å². The molecule has 7 nitrogen and oxygen atoms in total. The molecule has 160 valence electrons. The molecule has 0 aliphatic carbocycles. The predicted octanol–water partition coefficient (Wildman–Crippen LogP) is 3.10. The van der Waals surface area contributed by atoms with Crippen molar-refractivity contribution in [1.29, 1.82) is 0 Å². The van der Waals surface area contributed by atoms with Crippen LogP contribution in [0.25, 0.3) is 0 Å². The Morgan fingerprint density at radius 2 is 1.73 bits per heavy atom.